The molecule has 0 saturated heterocycles. The van der Waals surface area contributed by atoms with Gasteiger partial charge in [0.1, 0.15) is 0 Å². The Kier molecular flexibility index (Phi) is 6.02. The van der Waals surface area contributed by atoms with Crippen LogP contribution in [-0.4, -0.2) is 12.5 Å². The van der Waals surface area contributed by atoms with Crippen molar-refractivity contribution in [2.75, 3.05) is 6.61 Å². The lowest BCUT2D eigenvalue weighted by Gasteiger charge is -2.21. The van der Waals surface area contributed by atoms with Crippen LogP contribution in [0.25, 0.3) is 0 Å². The summed E-state index contributed by atoms with van der Waals surface area (Å²) >= 11 is 0. The van der Waals surface area contributed by atoms with E-state index in [9.17, 15) is 4.79 Å². The van der Waals surface area contributed by atoms with Crippen LogP contribution in [0.3, 0.4) is 0 Å². The van der Waals surface area contributed by atoms with E-state index >= 15 is 0 Å². The van der Waals surface area contributed by atoms with Crippen LogP contribution >= 0.6 is 0 Å². The Bertz CT molecular complexity index is 411. The quantitative estimate of drug-likeness (QED) is 0.476. The topological polar surface area (TPSA) is 64.3 Å². The minimum absolute atomic E-state index is 0.175. The molecule has 3 N–H and O–H groups in total. The molecule has 1 aliphatic carbocycles. The fourth-order valence-corrected chi connectivity index (χ4v) is 2.69. The van der Waals surface area contributed by atoms with E-state index in [2.05, 4.69) is 5.43 Å². The molecule has 1 aromatic carbocycles. The van der Waals surface area contributed by atoms with Gasteiger partial charge in [0.25, 0.3) is 0 Å². The first-order valence-corrected chi connectivity index (χ1v) is 7.43. The van der Waals surface area contributed by atoms with Crippen molar-refractivity contribution in [1.82, 2.24) is 5.43 Å². The molecule has 20 heavy (non-hydrogen) atoms. The zero-order chi connectivity index (χ0) is 14.2. The molecule has 1 aromatic rings. The number of carbonyl (C=O) groups is 1. The SMILES string of the molecule is NNC(=O)Cc1ccc(COCC2CCCCC2)cc1. The molecule has 0 radical (unpaired) electrons. The summed E-state index contributed by atoms with van der Waals surface area (Å²) in [6.07, 6.45) is 7.03. The van der Waals surface area contributed by atoms with Gasteiger partial charge in [-0.25, -0.2) is 5.84 Å². The predicted octanol–water partition coefficient (Wildman–Crippen LogP) is 2.32. The predicted molar refractivity (Wildman–Crippen MR) is 78.7 cm³/mol. The van der Waals surface area contributed by atoms with E-state index in [1.54, 1.807) is 0 Å². The van der Waals surface area contributed by atoms with Crippen molar-refractivity contribution >= 4 is 5.91 Å². The molecular weight excluding hydrogens is 252 g/mol. The molecule has 2 rings (SSSR count). The van der Waals surface area contributed by atoms with E-state index in [4.69, 9.17) is 10.6 Å². The number of amides is 1. The van der Waals surface area contributed by atoms with Crippen LogP contribution < -0.4 is 11.3 Å². The Labute approximate surface area is 120 Å². The average molecular weight is 276 g/mol. The van der Waals surface area contributed by atoms with Gasteiger partial charge in [0.05, 0.1) is 13.0 Å². The first-order chi connectivity index (χ1) is 9.78. The van der Waals surface area contributed by atoms with Gasteiger partial charge in [-0.15, -0.1) is 0 Å². The summed E-state index contributed by atoms with van der Waals surface area (Å²) in [5.41, 5.74) is 4.25. The van der Waals surface area contributed by atoms with Crippen molar-refractivity contribution < 1.29 is 9.53 Å². The third-order valence-corrected chi connectivity index (χ3v) is 3.90. The number of carbonyl (C=O) groups excluding carboxylic acids is 1. The molecule has 0 unspecified atom stereocenters. The number of benzene rings is 1. The Morgan fingerprint density at radius 1 is 1.15 bits per heavy atom. The van der Waals surface area contributed by atoms with Crippen LogP contribution in [0.5, 0.6) is 0 Å². The van der Waals surface area contributed by atoms with Gasteiger partial charge in [-0.3, -0.25) is 10.2 Å². The highest BCUT2D eigenvalue weighted by Gasteiger charge is 2.13. The minimum Gasteiger partial charge on any atom is -0.376 e. The first kappa shape index (κ1) is 15.0. The second-order valence-corrected chi connectivity index (χ2v) is 5.58. The summed E-state index contributed by atoms with van der Waals surface area (Å²) in [6, 6.07) is 7.93. The van der Waals surface area contributed by atoms with Crippen molar-refractivity contribution in [2.45, 2.75) is 45.1 Å². The average Bonchev–Trinajstić information content (AvgIpc) is 2.50. The highest BCUT2D eigenvalue weighted by atomic mass is 16.5. The van der Waals surface area contributed by atoms with Crippen molar-refractivity contribution in [2.24, 2.45) is 11.8 Å². The van der Waals surface area contributed by atoms with Gasteiger partial charge < -0.3 is 4.74 Å². The van der Waals surface area contributed by atoms with Gasteiger partial charge in [0, 0.05) is 6.61 Å². The molecule has 0 bridgehead atoms. The zero-order valence-corrected chi connectivity index (χ0v) is 11.9. The number of hydrazine groups is 1. The number of hydrogen-bond donors (Lipinski definition) is 2. The molecule has 0 atom stereocenters. The monoisotopic (exact) mass is 276 g/mol. The van der Waals surface area contributed by atoms with E-state index in [1.165, 1.54) is 32.1 Å². The fraction of sp³-hybridized carbons (Fsp3) is 0.562. The van der Waals surface area contributed by atoms with Crippen molar-refractivity contribution in [3.8, 4) is 0 Å². The molecule has 110 valence electrons. The molecule has 0 heterocycles. The number of nitrogens with one attached hydrogen (secondary N) is 1. The van der Waals surface area contributed by atoms with Gasteiger partial charge in [0.2, 0.25) is 5.91 Å². The maximum atomic E-state index is 11.2. The summed E-state index contributed by atoms with van der Waals surface area (Å²) in [5.74, 6) is 5.64. The van der Waals surface area contributed by atoms with Crippen LogP contribution in [-0.2, 0) is 22.6 Å². The molecule has 1 fully saturated rings. The summed E-state index contributed by atoms with van der Waals surface area (Å²) in [5, 5.41) is 0. The fourth-order valence-electron chi connectivity index (χ4n) is 2.69. The van der Waals surface area contributed by atoms with Crippen LogP contribution in [0.2, 0.25) is 0 Å². The van der Waals surface area contributed by atoms with Crippen LogP contribution in [0, 0.1) is 5.92 Å². The Morgan fingerprint density at radius 3 is 2.45 bits per heavy atom. The lowest BCUT2D eigenvalue weighted by atomic mass is 9.90. The summed E-state index contributed by atoms with van der Waals surface area (Å²) in [4.78, 5) is 11.2. The molecule has 4 heteroatoms. The normalized spacial score (nSPS) is 16.1. The third-order valence-electron chi connectivity index (χ3n) is 3.90. The molecule has 0 aliphatic heterocycles. The minimum atomic E-state index is -0.175. The second-order valence-electron chi connectivity index (χ2n) is 5.58. The molecular formula is C16H24N2O2. The standard InChI is InChI=1S/C16H24N2O2/c17-18-16(19)10-13-6-8-15(9-7-13)12-20-11-14-4-2-1-3-5-14/h6-9,14H,1-5,10-12,17H2,(H,18,19). The summed E-state index contributed by atoms with van der Waals surface area (Å²) in [7, 11) is 0. The summed E-state index contributed by atoms with van der Waals surface area (Å²) < 4.78 is 5.80. The molecule has 4 nitrogen and oxygen atoms in total. The number of rotatable bonds is 6. The molecule has 1 aliphatic rings. The third kappa shape index (κ3) is 4.94. The highest BCUT2D eigenvalue weighted by Crippen LogP contribution is 2.23. The molecule has 0 aromatic heterocycles. The van der Waals surface area contributed by atoms with Gasteiger partial charge in [0.15, 0.2) is 0 Å². The molecule has 0 spiro atoms. The van der Waals surface area contributed by atoms with Crippen LogP contribution in [0.15, 0.2) is 24.3 Å². The second kappa shape index (κ2) is 8.02. The molecule has 1 saturated carbocycles. The number of ether oxygens (including phenoxy) is 1. The Morgan fingerprint density at radius 2 is 1.80 bits per heavy atom. The van der Waals surface area contributed by atoms with Gasteiger partial charge in [-0.2, -0.15) is 0 Å². The van der Waals surface area contributed by atoms with Crippen LogP contribution in [0.4, 0.5) is 0 Å². The maximum absolute atomic E-state index is 11.2. The van der Waals surface area contributed by atoms with E-state index in [1.807, 2.05) is 24.3 Å². The Balaban J connectivity index is 1.71. The number of hydrogen-bond acceptors (Lipinski definition) is 3. The molecule has 1 amide bonds. The van der Waals surface area contributed by atoms with E-state index in [-0.39, 0.29) is 5.91 Å². The van der Waals surface area contributed by atoms with Crippen molar-refractivity contribution in [3.05, 3.63) is 35.4 Å². The summed E-state index contributed by atoms with van der Waals surface area (Å²) in [6.45, 7) is 1.52. The van der Waals surface area contributed by atoms with Crippen molar-refractivity contribution in [1.29, 1.82) is 0 Å². The largest absolute Gasteiger partial charge is 0.376 e. The van der Waals surface area contributed by atoms with Crippen molar-refractivity contribution in [3.63, 3.8) is 0 Å². The Hall–Kier alpha value is -1.39. The van der Waals surface area contributed by atoms with E-state index in [0.717, 1.165) is 23.7 Å². The first-order valence-electron chi connectivity index (χ1n) is 7.43. The maximum Gasteiger partial charge on any atom is 0.238 e. The van der Waals surface area contributed by atoms with E-state index < -0.39 is 0 Å². The number of nitrogens with two attached hydrogens (primary N) is 1. The zero-order valence-electron chi connectivity index (χ0n) is 11.9. The lowest BCUT2D eigenvalue weighted by molar-refractivity contribution is -0.120. The highest BCUT2D eigenvalue weighted by molar-refractivity contribution is 5.77. The van der Waals surface area contributed by atoms with Gasteiger partial charge >= 0.3 is 0 Å². The smallest absolute Gasteiger partial charge is 0.238 e. The van der Waals surface area contributed by atoms with Crippen LogP contribution in [0.1, 0.15) is 43.2 Å². The van der Waals surface area contributed by atoms with Gasteiger partial charge in [-0.1, -0.05) is 43.5 Å². The lowest BCUT2D eigenvalue weighted by Crippen LogP contribution is -2.31. The van der Waals surface area contributed by atoms with Gasteiger partial charge in [-0.05, 0) is 29.9 Å². The van der Waals surface area contributed by atoms with E-state index in [0.29, 0.717) is 13.0 Å².